The number of nitrogens with one attached hydrogen (secondary N) is 1. The van der Waals surface area contributed by atoms with Crippen LogP contribution in [-0.4, -0.2) is 34.2 Å². The molecule has 1 aliphatic rings. The second kappa shape index (κ2) is 7.43. The molecule has 0 bridgehead atoms. The first kappa shape index (κ1) is 19.0. The Bertz CT molecular complexity index is 904. The Labute approximate surface area is 154 Å². The molecule has 2 aromatic rings. The molecule has 27 heavy (non-hydrogen) atoms. The number of nitrogens with zero attached hydrogens (tertiary/aromatic N) is 4. The van der Waals surface area contributed by atoms with Crippen LogP contribution in [0.3, 0.4) is 0 Å². The van der Waals surface area contributed by atoms with E-state index in [4.69, 9.17) is 5.73 Å². The molecule has 1 aliphatic heterocycles. The van der Waals surface area contributed by atoms with Gasteiger partial charge in [-0.15, -0.1) is 0 Å². The molecule has 0 saturated carbocycles. The lowest BCUT2D eigenvalue weighted by Gasteiger charge is -2.13. The van der Waals surface area contributed by atoms with Gasteiger partial charge in [-0.1, -0.05) is 18.2 Å². The fourth-order valence-electron chi connectivity index (χ4n) is 2.62. The van der Waals surface area contributed by atoms with Crippen molar-refractivity contribution in [2.45, 2.75) is 32.5 Å². The maximum atomic E-state index is 13.4. The summed E-state index contributed by atoms with van der Waals surface area (Å²) in [7, 11) is 0. The molecule has 0 saturated heterocycles. The monoisotopic (exact) mass is 376 g/mol. The molecule has 0 spiro atoms. The van der Waals surface area contributed by atoms with Gasteiger partial charge in [-0.3, -0.25) is 0 Å². The Morgan fingerprint density at radius 1 is 1.19 bits per heavy atom. The van der Waals surface area contributed by atoms with Crippen LogP contribution in [0.2, 0.25) is 0 Å². The highest BCUT2D eigenvalue weighted by molar-refractivity contribution is 6.08. The molecule has 6 nitrogen and oxygen atoms in total. The number of guanidine groups is 1. The topological polar surface area (TPSA) is 88.5 Å². The van der Waals surface area contributed by atoms with E-state index in [1.54, 1.807) is 6.07 Å². The number of anilines is 1. The summed E-state index contributed by atoms with van der Waals surface area (Å²) in [6.45, 7) is 4.07. The molecule has 0 radical (unpaired) electrons. The molecule has 1 aromatic carbocycles. The SMILES string of the molecule is CC1=NC(Nc2cc(CCN)nc(-c3ccccc3C(F)(F)F)n2)=NC1C. The Kier molecular flexibility index (Phi) is 5.22. The zero-order chi connectivity index (χ0) is 19.6. The first-order valence-electron chi connectivity index (χ1n) is 8.42. The van der Waals surface area contributed by atoms with Crippen LogP contribution in [0.15, 0.2) is 40.3 Å². The quantitative estimate of drug-likeness (QED) is 0.857. The van der Waals surface area contributed by atoms with Crippen LogP contribution in [0.25, 0.3) is 11.4 Å². The van der Waals surface area contributed by atoms with E-state index in [1.807, 2.05) is 13.8 Å². The van der Waals surface area contributed by atoms with E-state index in [2.05, 4.69) is 25.3 Å². The molecule has 0 fully saturated rings. The van der Waals surface area contributed by atoms with Gasteiger partial charge in [0.1, 0.15) is 5.82 Å². The highest BCUT2D eigenvalue weighted by atomic mass is 19.4. The number of rotatable bonds is 4. The number of aliphatic imine (C=N–C) groups is 2. The lowest BCUT2D eigenvalue weighted by Crippen LogP contribution is -2.13. The van der Waals surface area contributed by atoms with Crippen molar-refractivity contribution in [3.05, 3.63) is 41.6 Å². The number of nitrogens with two attached hydrogens (primary N) is 1. The minimum Gasteiger partial charge on any atom is -0.330 e. The predicted octanol–water partition coefficient (Wildman–Crippen LogP) is 3.29. The van der Waals surface area contributed by atoms with Crippen molar-refractivity contribution < 1.29 is 13.2 Å². The zero-order valence-electron chi connectivity index (χ0n) is 14.9. The maximum Gasteiger partial charge on any atom is 0.417 e. The van der Waals surface area contributed by atoms with E-state index in [1.165, 1.54) is 18.2 Å². The van der Waals surface area contributed by atoms with Crippen LogP contribution in [0.4, 0.5) is 19.0 Å². The molecule has 142 valence electrons. The Morgan fingerprint density at radius 2 is 1.93 bits per heavy atom. The summed E-state index contributed by atoms with van der Waals surface area (Å²) < 4.78 is 40.1. The molecule has 3 rings (SSSR count). The van der Waals surface area contributed by atoms with Gasteiger partial charge in [-0.25, -0.2) is 20.0 Å². The van der Waals surface area contributed by atoms with E-state index >= 15 is 0 Å². The standard InChI is InChI=1S/C18H19F3N6/c1-10-11(2)24-17(23-10)27-15-9-12(7-8-22)25-16(26-15)13-5-3-4-6-14(13)18(19,20)21/h3-6,9-10H,7-8,22H2,1-2H3,(H,23,25,26,27). The van der Waals surface area contributed by atoms with Gasteiger partial charge in [0, 0.05) is 29.5 Å². The van der Waals surface area contributed by atoms with Gasteiger partial charge < -0.3 is 11.1 Å². The number of benzene rings is 1. The molecular weight excluding hydrogens is 357 g/mol. The third-order valence-corrected chi connectivity index (χ3v) is 4.10. The van der Waals surface area contributed by atoms with Crippen LogP contribution < -0.4 is 11.1 Å². The number of aromatic nitrogens is 2. The van der Waals surface area contributed by atoms with Crippen molar-refractivity contribution in [3.8, 4) is 11.4 Å². The second-order valence-electron chi connectivity index (χ2n) is 6.16. The largest absolute Gasteiger partial charge is 0.417 e. The molecule has 1 unspecified atom stereocenters. The average molecular weight is 376 g/mol. The molecule has 9 heteroatoms. The van der Waals surface area contributed by atoms with Crippen LogP contribution in [0.1, 0.15) is 25.1 Å². The summed E-state index contributed by atoms with van der Waals surface area (Å²) >= 11 is 0. The second-order valence-corrected chi connectivity index (χ2v) is 6.16. The Balaban J connectivity index is 2.04. The summed E-state index contributed by atoms with van der Waals surface area (Å²) in [5.41, 5.74) is 6.09. The molecule has 1 atom stereocenters. The highest BCUT2D eigenvalue weighted by Gasteiger charge is 2.34. The highest BCUT2D eigenvalue weighted by Crippen LogP contribution is 2.36. The van der Waals surface area contributed by atoms with Crippen molar-refractivity contribution >= 4 is 17.5 Å². The lowest BCUT2D eigenvalue weighted by atomic mass is 10.1. The summed E-state index contributed by atoms with van der Waals surface area (Å²) in [5, 5.41) is 2.96. The minimum atomic E-state index is -4.51. The molecule has 0 aliphatic carbocycles. The number of hydrogen-bond donors (Lipinski definition) is 2. The third kappa shape index (κ3) is 4.30. The van der Waals surface area contributed by atoms with Crippen LogP contribution in [0.5, 0.6) is 0 Å². The van der Waals surface area contributed by atoms with Crippen LogP contribution in [0, 0.1) is 0 Å². The summed E-state index contributed by atoms with van der Waals surface area (Å²) in [6.07, 6.45) is -4.10. The smallest absolute Gasteiger partial charge is 0.330 e. The zero-order valence-corrected chi connectivity index (χ0v) is 14.9. The average Bonchev–Trinajstić information content (AvgIpc) is 2.91. The van der Waals surface area contributed by atoms with Gasteiger partial charge in [-0.05, 0) is 26.5 Å². The van der Waals surface area contributed by atoms with Gasteiger partial charge in [0.2, 0.25) is 5.96 Å². The Morgan fingerprint density at radius 3 is 2.56 bits per heavy atom. The predicted molar refractivity (Wildman–Crippen MR) is 98.9 cm³/mol. The van der Waals surface area contributed by atoms with E-state index in [0.717, 1.165) is 11.8 Å². The van der Waals surface area contributed by atoms with E-state index in [9.17, 15) is 13.2 Å². The third-order valence-electron chi connectivity index (χ3n) is 4.10. The fraction of sp³-hybridized carbons (Fsp3) is 0.333. The molecule has 3 N–H and O–H groups in total. The van der Waals surface area contributed by atoms with Crippen molar-refractivity contribution in [1.29, 1.82) is 0 Å². The van der Waals surface area contributed by atoms with Crippen molar-refractivity contribution in [3.63, 3.8) is 0 Å². The fourth-order valence-corrected chi connectivity index (χ4v) is 2.62. The summed E-state index contributed by atoms with van der Waals surface area (Å²) in [5.74, 6) is 0.668. The first-order chi connectivity index (χ1) is 12.8. The normalized spacial score (nSPS) is 16.9. The minimum absolute atomic E-state index is 0.0243. The Hall–Kier alpha value is -2.81. The van der Waals surface area contributed by atoms with Crippen LogP contribution >= 0.6 is 0 Å². The number of hydrogen-bond acceptors (Lipinski definition) is 6. The van der Waals surface area contributed by atoms with Crippen molar-refractivity contribution in [2.75, 3.05) is 11.9 Å². The van der Waals surface area contributed by atoms with Gasteiger partial charge >= 0.3 is 6.18 Å². The first-order valence-corrected chi connectivity index (χ1v) is 8.42. The van der Waals surface area contributed by atoms with E-state index in [0.29, 0.717) is 30.4 Å². The van der Waals surface area contributed by atoms with E-state index in [-0.39, 0.29) is 17.4 Å². The van der Waals surface area contributed by atoms with Gasteiger partial charge in [-0.2, -0.15) is 13.2 Å². The molecule has 1 aromatic heterocycles. The number of halogens is 3. The molecular formula is C18H19F3N6. The number of alkyl halides is 3. The lowest BCUT2D eigenvalue weighted by molar-refractivity contribution is -0.137. The van der Waals surface area contributed by atoms with Crippen molar-refractivity contribution in [1.82, 2.24) is 9.97 Å². The van der Waals surface area contributed by atoms with Gasteiger partial charge in [0.05, 0.1) is 11.6 Å². The van der Waals surface area contributed by atoms with Gasteiger partial charge in [0.25, 0.3) is 0 Å². The van der Waals surface area contributed by atoms with E-state index < -0.39 is 11.7 Å². The van der Waals surface area contributed by atoms with Crippen LogP contribution in [-0.2, 0) is 12.6 Å². The summed E-state index contributed by atoms with van der Waals surface area (Å²) in [4.78, 5) is 17.2. The molecule has 2 heterocycles. The van der Waals surface area contributed by atoms with Crippen molar-refractivity contribution in [2.24, 2.45) is 15.7 Å². The summed E-state index contributed by atoms with van der Waals surface area (Å²) in [6, 6.07) is 6.81. The van der Waals surface area contributed by atoms with Gasteiger partial charge in [0.15, 0.2) is 5.82 Å². The maximum absolute atomic E-state index is 13.4. The molecule has 0 amide bonds.